The van der Waals surface area contributed by atoms with Crippen LogP contribution in [-0.2, 0) is 11.3 Å². The van der Waals surface area contributed by atoms with Crippen LogP contribution in [0.2, 0.25) is 5.02 Å². The van der Waals surface area contributed by atoms with Crippen LogP contribution in [0.4, 0.5) is 15.9 Å². The quantitative estimate of drug-likeness (QED) is 0.386. The van der Waals surface area contributed by atoms with Crippen molar-refractivity contribution in [1.82, 2.24) is 19.8 Å². The van der Waals surface area contributed by atoms with Gasteiger partial charge in [0.1, 0.15) is 23.7 Å². The van der Waals surface area contributed by atoms with Crippen LogP contribution in [0.15, 0.2) is 30.6 Å². The number of carbonyl (C=O) groups excluding carboxylic acids is 1. The van der Waals surface area contributed by atoms with Gasteiger partial charge in [0, 0.05) is 43.2 Å². The van der Waals surface area contributed by atoms with Gasteiger partial charge in [-0.1, -0.05) is 11.6 Å². The van der Waals surface area contributed by atoms with Crippen molar-refractivity contribution in [2.75, 3.05) is 52.3 Å². The molecule has 0 saturated heterocycles. The first-order valence-corrected chi connectivity index (χ1v) is 14.0. The fourth-order valence-electron chi connectivity index (χ4n) is 4.59. The van der Waals surface area contributed by atoms with E-state index in [0.29, 0.717) is 85.0 Å². The van der Waals surface area contributed by atoms with E-state index in [2.05, 4.69) is 15.3 Å². The topological polar surface area (TPSA) is 100 Å². The van der Waals surface area contributed by atoms with E-state index in [1.54, 1.807) is 0 Å². The van der Waals surface area contributed by atoms with Gasteiger partial charge in [-0.3, -0.25) is 9.69 Å². The largest absolute Gasteiger partial charge is 0.490 e. The second-order valence-corrected chi connectivity index (χ2v) is 10.6. The molecule has 4 rings (SSSR count). The average molecular weight is 574 g/mol. The van der Waals surface area contributed by atoms with Crippen LogP contribution in [0.1, 0.15) is 38.2 Å². The zero-order chi connectivity index (χ0) is 28.6. The molecule has 0 saturated carbocycles. The smallest absolute Gasteiger partial charge is 0.163 e. The summed E-state index contributed by atoms with van der Waals surface area (Å²) in [7, 11) is 3.80. The van der Waals surface area contributed by atoms with Crippen LogP contribution < -0.4 is 14.8 Å². The summed E-state index contributed by atoms with van der Waals surface area (Å²) >= 11 is 6.17. The zero-order valence-electron chi connectivity index (χ0n) is 23.3. The highest BCUT2D eigenvalue weighted by molar-refractivity contribution is 6.31. The maximum atomic E-state index is 14.5. The summed E-state index contributed by atoms with van der Waals surface area (Å²) in [6, 6.07) is 6.27. The molecule has 3 aromatic rings. The Morgan fingerprint density at radius 1 is 1.25 bits per heavy atom. The fourth-order valence-corrected chi connectivity index (χ4v) is 4.76. The molecule has 1 aliphatic heterocycles. The molecule has 2 aromatic carbocycles. The second-order valence-electron chi connectivity index (χ2n) is 10.2. The van der Waals surface area contributed by atoms with Crippen LogP contribution in [0.3, 0.4) is 0 Å². The van der Waals surface area contributed by atoms with Gasteiger partial charge in [-0.2, -0.15) is 0 Å². The standard InChI is InChI=1S/C29H37ClFN5O4/c1-19-26(38)7-4-5-11-39-27-14-21-25(16-28(27)40-12-6-8-35(2)9-10-37)32-18-33-29(21)34-24-15-22(30)23(31)13-20(24)17-36(19)3/h13-16,18-19,37H,4-12,17H2,1-3H3,(H,32,33,34)/t19-/m1/s1. The fraction of sp³-hybridized carbons (Fsp3) is 0.483. The van der Waals surface area contributed by atoms with E-state index < -0.39 is 5.82 Å². The third-order valence-electron chi connectivity index (χ3n) is 7.15. The molecule has 1 aliphatic rings. The average Bonchev–Trinajstić information content (AvgIpc) is 2.93. The first kappa shape index (κ1) is 29.9. The van der Waals surface area contributed by atoms with Gasteiger partial charge in [0.15, 0.2) is 11.5 Å². The predicted octanol–water partition coefficient (Wildman–Crippen LogP) is 4.81. The summed E-state index contributed by atoms with van der Waals surface area (Å²) in [5, 5.41) is 13.1. The van der Waals surface area contributed by atoms with Gasteiger partial charge >= 0.3 is 0 Å². The predicted molar refractivity (Wildman–Crippen MR) is 154 cm³/mol. The number of benzene rings is 2. The summed E-state index contributed by atoms with van der Waals surface area (Å²) in [6.07, 6.45) is 4.04. The molecule has 0 aliphatic carbocycles. The van der Waals surface area contributed by atoms with E-state index >= 15 is 0 Å². The van der Waals surface area contributed by atoms with Crippen LogP contribution in [-0.4, -0.2) is 83.7 Å². The van der Waals surface area contributed by atoms with Crippen LogP contribution in [0.5, 0.6) is 11.5 Å². The van der Waals surface area contributed by atoms with Crippen LogP contribution >= 0.6 is 11.6 Å². The highest BCUT2D eigenvalue weighted by atomic mass is 35.5. The molecule has 0 unspecified atom stereocenters. The van der Waals surface area contributed by atoms with Crippen molar-refractivity contribution in [3.8, 4) is 11.5 Å². The molecule has 40 heavy (non-hydrogen) atoms. The van der Waals surface area contributed by atoms with E-state index in [1.165, 1.54) is 18.5 Å². The number of likely N-dealkylation sites (N-methyl/N-ethyl adjacent to an activating group) is 2. The molecule has 216 valence electrons. The van der Waals surface area contributed by atoms with Crippen molar-refractivity contribution < 1.29 is 23.8 Å². The van der Waals surface area contributed by atoms with Gasteiger partial charge in [0.2, 0.25) is 0 Å². The van der Waals surface area contributed by atoms with Gasteiger partial charge in [-0.05, 0) is 64.0 Å². The van der Waals surface area contributed by atoms with E-state index in [0.717, 1.165) is 13.0 Å². The van der Waals surface area contributed by atoms with E-state index in [1.807, 2.05) is 43.0 Å². The lowest BCUT2D eigenvalue weighted by Gasteiger charge is -2.25. The molecule has 2 N–H and O–H groups in total. The van der Waals surface area contributed by atoms with Crippen molar-refractivity contribution in [3.63, 3.8) is 0 Å². The second kappa shape index (κ2) is 14.0. The van der Waals surface area contributed by atoms with Gasteiger partial charge in [0.05, 0.1) is 36.4 Å². The molecule has 0 spiro atoms. The first-order chi connectivity index (χ1) is 19.3. The number of fused-ring (bicyclic) bond motifs is 2. The zero-order valence-corrected chi connectivity index (χ0v) is 24.0. The van der Waals surface area contributed by atoms with Gasteiger partial charge in [-0.15, -0.1) is 0 Å². The maximum absolute atomic E-state index is 14.5. The molecule has 0 amide bonds. The number of Topliss-reactive ketones (excluding diaryl/α,β-unsaturated/α-hetero) is 1. The molecule has 2 bridgehead atoms. The molecule has 11 heteroatoms. The van der Waals surface area contributed by atoms with Crippen LogP contribution in [0, 0.1) is 5.82 Å². The van der Waals surface area contributed by atoms with Crippen molar-refractivity contribution in [1.29, 1.82) is 0 Å². The minimum atomic E-state index is -0.531. The number of ether oxygens (including phenoxy) is 2. The lowest BCUT2D eigenvalue weighted by atomic mass is 10.1. The SMILES string of the molecule is C[C@@H]1C(=O)CCCCOc2cc3c(ncnc3cc2OCCCN(C)CCO)Nc2cc(Cl)c(F)cc2CN1C. The molecule has 1 aromatic heterocycles. The van der Waals surface area contributed by atoms with Gasteiger partial charge in [-0.25, -0.2) is 14.4 Å². The summed E-state index contributed by atoms with van der Waals surface area (Å²) in [6.45, 7) is 4.60. The Bertz CT molecular complexity index is 1330. The van der Waals surface area contributed by atoms with Gasteiger partial charge in [0.25, 0.3) is 0 Å². The number of hydrogen-bond acceptors (Lipinski definition) is 9. The number of nitrogens with zero attached hydrogens (tertiary/aromatic N) is 4. The maximum Gasteiger partial charge on any atom is 0.163 e. The number of aliphatic hydroxyl groups excluding tert-OH is 1. The monoisotopic (exact) mass is 573 g/mol. The molecule has 1 atom stereocenters. The highest BCUT2D eigenvalue weighted by Crippen LogP contribution is 2.36. The third kappa shape index (κ3) is 7.57. The number of ketones is 1. The molecule has 2 heterocycles. The summed E-state index contributed by atoms with van der Waals surface area (Å²) in [5.74, 6) is 1.22. The van der Waals surface area contributed by atoms with Crippen molar-refractivity contribution in [3.05, 3.63) is 47.0 Å². The summed E-state index contributed by atoms with van der Waals surface area (Å²) in [5.41, 5.74) is 1.88. The van der Waals surface area contributed by atoms with E-state index in [-0.39, 0.29) is 23.5 Å². The highest BCUT2D eigenvalue weighted by Gasteiger charge is 2.21. The molecular weight excluding hydrogens is 537 g/mol. The lowest BCUT2D eigenvalue weighted by Crippen LogP contribution is -2.35. The Hall–Kier alpha value is -3.05. The first-order valence-electron chi connectivity index (χ1n) is 13.6. The normalized spacial score (nSPS) is 17.1. The van der Waals surface area contributed by atoms with E-state index in [4.69, 9.17) is 26.2 Å². The molecular formula is C29H37ClFN5O4. The van der Waals surface area contributed by atoms with Crippen molar-refractivity contribution >= 4 is 39.8 Å². The Kier molecular flexibility index (Phi) is 10.5. The number of aromatic nitrogens is 2. The third-order valence-corrected chi connectivity index (χ3v) is 7.44. The number of hydrogen-bond donors (Lipinski definition) is 2. The molecule has 0 fully saturated rings. The lowest BCUT2D eigenvalue weighted by molar-refractivity contribution is -0.123. The number of carbonyl (C=O) groups is 1. The van der Waals surface area contributed by atoms with Crippen LogP contribution in [0.25, 0.3) is 10.9 Å². The Labute approximate surface area is 239 Å². The van der Waals surface area contributed by atoms with Crippen molar-refractivity contribution in [2.24, 2.45) is 0 Å². The number of aliphatic hydroxyl groups is 1. The number of anilines is 2. The minimum Gasteiger partial charge on any atom is -0.490 e. The molecule has 0 radical (unpaired) electrons. The number of rotatable bonds is 7. The van der Waals surface area contributed by atoms with Crippen molar-refractivity contribution in [2.45, 2.75) is 45.2 Å². The Morgan fingerprint density at radius 3 is 2.88 bits per heavy atom. The number of nitrogens with one attached hydrogen (secondary N) is 1. The Morgan fingerprint density at radius 2 is 2.08 bits per heavy atom. The summed E-state index contributed by atoms with van der Waals surface area (Å²) < 4.78 is 26.8. The number of halogens is 2. The minimum absolute atomic E-state index is 0.0184. The van der Waals surface area contributed by atoms with Gasteiger partial charge < -0.3 is 24.8 Å². The molecule has 9 nitrogen and oxygen atoms in total. The summed E-state index contributed by atoms with van der Waals surface area (Å²) in [4.78, 5) is 25.7. The van der Waals surface area contributed by atoms with E-state index in [9.17, 15) is 9.18 Å². The Balaban J connectivity index is 1.69.